The average Bonchev–Trinajstić information content (AvgIpc) is 3.54. The quantitative estimate of drug-likeness (QED) is 0.407. The lowest BCUT2D eigenvalue weighted by atomic mass is 10.0. The SMILES string of the molecule is CN=C(NCC(c1ccccc1)N1CCOCC1)N(C)CCOCC1CC1. The number of nitrogens with one attached hydrogen (secondary N) is 1. The van der Waals surface area contributed by atoms with Crippen molar-refractivity contribution in [1.29, 1.82) is 0 Å². The molecule has 6 heteroatoms. The first-order valence-electron chi connectivity index (χ1n) is 10.1. The molecule has 1 N–H and O–H groups in total. The lowest BCUT2D eigenvalue weighted by molar-refractivity contribution is 0.0169. The topological polar surface area (TPSA) is 49.3 Å². The van der Waals surface area contributed by atoms with Gasteiger partial charge in [0.15, 0.2) is 5.96 Å². The fourth-order valence-electron chi connectivity index (χ4n) is 3.44. The highest BCUT2D eigenvalue weighted by Crippen LogP contribution is 2.28. The number of morpholine rings is 1. The molecule has 1 unspecified atom stereocenters. The van der Waals surface area contributed by atoms with Crippen LogP contribution in [0.25, 0.3) is 0 Å². The van der Waals surface area contributed by atoms with Crippen molar-refractivity contribution >= 4 is 5.96 Å². The van der Waals surface area contributed by atoms with Crippen molar-refractivity contribution in [2.75, 3.05) is 66.7 Å². The van der Waals surface area contributed by atoms with Gasteiger partial charge in [-0.1, -0.05) is 30.3 Å². The van der Waals surface area contributed by atoms with E-state index in [9.17, 15) is 0 Å². The first kappa shape index (κ1) is 20.1. The standard InChI is InChI=1S/C21H34N4O2/c1-22-21(24(2)10-13-27-17-18-8-9-18)23-16-20(19-6-4-3-5-7-19)25-11-14-26-15-12-25/h3-7,18,20H,8-17H2,1-2H3,(H,22,23). The molecule has 2 fully saturated rings. The van der Waals surface area contributed by atoms with E-state index in [4.69, 9.17) is 9.47 Å². The van der Waals surface area contributed by atoms with Crippen LogP contribution in [0, 0.1) is 5.92 Å². The van der Waals surface area contributed by atoms with Crippen LogP contribution < -0.4 is 5.32 Å². The van der Waals surface area contributed by atoms with E-state index in [0.29, 0.717) is 6.04 Å². The van der Waals surface area contributed by atoms with Gasteiger partial charge in [0.1, 0.15) is 0 Å². The number of guanidine groups is 1. The highest BCUT2D eigenvalue weighted by atomic mass is 16.5. The number of aliphatic imine (C=N–C) groups is 1. The Bertz CT molecular complexity index is 571. The van der Waals surface area contributed by atoms with Gasteiger partial charge >= 0.3 is 0 Å². The normalized spacial score (nSPS) is 19.7. The van der Waals surface area contributed by atoms with Gasteiger partial charge in [0.2, 0.25) is 0 Å². The summed E-state index contributed by atoms with van der Waals surface area (Å²) in [6, 6.07) is 11.0. The second-order valence-corrected chi connectivity index (χ2v) is 7.44. The van der Waals surface area contributed by atoms with Gasteiger partial charge in [0, 0.05) is 46.9 Å². The van der Waals surface area contributed by atoms with E-state index in [2.05, 4.69) is 57.5 Å². The summed E-state index contributed by atoms with van der Waals surface area (Å²) < 4.78 is 11.3. The van der Waals surface area contributed by atoms with Crippen LogP contribution in [0.15, 0.2) is 35.3 Å². The van der Waals surface area contributed by atoms with Gasteiger partial charge in [-0.05, 0) is 24.3 Å². The molecular formula is C21H34N4O2. The van der Waals surface area contributed by atoms with Gasteiger partial charge < -0.3 is 19.7 Å². The Labute approximate surface area is 163 Å². The Balaban J connectivity index is 1.52. The van der Waals surface area contributed by atoms with Crippen molar-refractivity contribution in [3.8, 4) is 0 Å². The van der Waals surface area contributed by atoms with Crippen molar-refractivity contribution < 1.29 is 9.47 Å². The molecule has 1 atom stereocenters. The molecule has 1 aliphatic carbocycles. The minimum atomic E-state index is 0.311. The molecule has 1 aliphatic heterocycles. The number of nitrogens with zero attached hydrogens (tertiary/aromatic N) is 3. The van der Waals surface area contributed by atoms with Gasteiger partial charge in [0.25, 0.3) is 0 Å². The van der Waals surface area contributed by atoms with Gasteiger partial charge in [-0.15, -0.1) is 0 Å². The first-order valence-corrected chi connectivity index (χ1v) is 10.1. The maximum atomic E-state index is 5.77. The van der Waals surface area contributed by atoms with Crippen LogP contribution in [0.5, 0.6) is 0 Å². The molecule has 0 radical (unpaired) electrons. The molecule has 1 aromatic carbocycles. The third-order valence-corrected chi connectivity index (χ3v) is 5.32. The zero-order valence-corrected chi connectivity index (χ0v) is 16.8. The van der Waals surface area contributed by atoms with E-state index in [0.717, 1.165) is 64.5 Å². The van der Waals surface area contributed by atoms with Crippen LogP contribution in [0.3, 0.4) is 0 Å². The average molecular weight is 375 g/mol. The third kappa shape index (κ3) is 6.48. The molecule has 1 heterocycles. The van der Waals surface area contributed by atoms with Crippen LogP contribution in [-0.2, 0) is 9.47 Å². The predicted molar refractivity (Wildman–Crippen MR) is 109 cm³/mol. The Kier molecular flexibility index (Phi) is 7.93. The molecule has 0 spiro atoms. The third-order valence-electron chi connectivity index (χ3n) is 5.32. The Morgan fingerprint density at radius 3 is 2.70 bits per heavy atom. The van der Waals surface area contributed by atoms with Gasteiger partial charge in [-0.2, -0.15) is 0 Å². The summed E-state index contributed by atoms with van der Waals surface area (Å²) in [5, 5.41) is 3.56. The minimum Gasteiger partial charge on any atom is -0.379 e. The fraction of sp³-hybridized carbons (Fsp3) is 0.667. The van der Waals surface area contributed by atoms with E-state index in [-0.39, 0.29) is 0 Å². The summed E-state index contributed by atoms with van der Waals surface area (Å²) in [5.41, 5.74) is 1.33. The number of ether oxygens (including phenoxy) is 2. The number of hydrogen-bond donors (Lipinski definition) is 1. The summed E-state index contributed by atoms with van der Waals surface area (Å²) in [7, 11) is 3.91. The highest BCUT2D eigenvalue weighted by Gasteiger charge is 2.23. The van der Waals surface area contributed by atoms with E-state index in [1.807, 2.05) is 7.05 Å². The number of benzene rings is 1. The summed E-state index contributed by atoms with van der Waals surface area (Å²) >= 11 is 0. The monoisotopic (exact) mass is 374 g/mol. The molecule has 2 aliphatic rings. The van der Waals surface area contributed by atoms with Crippen LogP contribution in [0.2, 0.25) is 0 Å². The Hall–Kier alpha value is -1.63. The minimum absolute atomic E-state index is 0.311. The van der Waals surface area contributed by atoms with Crippen LogP contribution in [0.1, 0.15) is 24.4 Å². The molecule has 0 bridgehead atoms. The number of hydrogen-bond acceptors (Lipinski definition) is 4. The zero-order valence-electron chi connectivity index (χ0n) is 16.8. The second kappa shape index (κ2) is 10.6. The largest absolute Gasteiger partial charge is 0.379 e. The predicted octanol–water partition coefficient (Wildman–Crippen LogP) is 1.99. The van der Waals surface area contributed by atoms with Gasteiger partial charge in [-0.25, -0.2) is 0 Å². The molecule has 0 aromatic heterocycles. The summed E-state index contributed by atoms with van der Waals surface area (Å²) in [5.74, 6) is 1.73. The summed E-state index contributed by atoms with van der Waals surface area (Å²) in [6.07, 6.45) is 2.67. The van der Waals surface area contributed by atoms with Crippen molar-refractivity contribution in [2.45, 2.75) is 18.9 Å². The van der Waals surface area contributed by atoms with Crippen LogP contribution >= 0.6 is 0 Å². The van der Waals surface area contributed by atoms with Crippen LogP contribution in [-0.4, -0.2) is 82.5 Å². The van der Waals surface area contributed by atoms with Crippen LogP contribution in [0.4, 0.5) is 0 Å². The second-order valence-electron chi connectivity index (χ2n) is 7.44. The maximum Gasteiger partial charge on any atom is 0.193 e. The summed E-state index contributed by atoms with van der Waals surface area (Å²) in [4.78, 5) is 9.10. The Morgan fingerprint density at radius 2 is 2.04 bits per heavy atom. The molecule has 1 saturated heterocycles. The highest BCUT2D eigenvalue weighted by molar-refractivity contribution is 5.79. The van der Waals surface area contributed by atoms with Gasteiger partial charge in [-0.3, -0.25) is 9.89 Å². The van der Waals surface area contributed by atoms with Crippen molar-refractivity contribution in [2.24, 2.45) is 10.9 Å². The van der Waals surface area contributed by atoms with Crippen molar-refractivity contribution in [3.05, 3.63) is 35.9 Å². The molecular weight excluding hydrogens is 340 g/mol. The van der Waals surface area contributed by atoms with Crippen molar-refractivity contribution in [1.82, 2.24) is 15.1 Å². The first-order chi connectivity index (χ1) is 13.3. The Morgan fingerprint density at radius 1 is 1.30 bits per heavy atom. The molecule has 27 heavy (non-hydrogen) atoms. The van der Waals surface area contributed by atoms with E-state index in [1.54, 1.807) is 0 Å². The molecule has 1 aromatic rings. The van der Waals surface area contributed by atoms with E-state index in [1.165, 1.54) is 18.4 Å². The smallest absolute Gasteiger partial charge is 0.193 e. The molecule has 3 rings (SSSR count). The van der Waals surface area contributed by atoms with E-state index >= 15 is 0 Å². The molecule has 150 valence electrons. The molecule has 0 amide bonds. The lowest BCUT2D eigenvalue weighted by Gasteiger charge is -2.35. The molecule has 1 saturated carbocycles. The fourth-order valence-corrected chi connectivity index (χ4v) is 3.44. The van der Waals surface area contributed by atoms with E-state index < -0.39 is 0 Å². The van der Waals surface area contributed by atoms with Crippen molar-refractivity contribution in [3.63, 3.8) is 0 Å². The zero-order chi connectivity index (χ0) is 18.9. The lowest BCUT2D eigenvalue weighted by Crippen LogP contribution is -2.47. The molecule has 6 nitrogen and oxygen atoms in total. The number of rotatable bonds is 9. The van der Waals surface area contributed by atoms with Gasteiger partial charge in [0.05, 0.1) is 25.9 Å². The summed E-state index contributed by atoms with van der Waals surface area (Å²) in [6.45, 7) is 6.86. The maximum absolute atomic E-state index is 5.77. The number of likely N-dealkylation sites (N-methyl/N-ethyl adjacent to an activating group) is 1.